The number of morpholine rings is 1. The highest BCUT2D eigenvalue weighted by Gasteiger charge is 2.41. The molecule has 2 heterocycles. The molecule has 0 radical (unpaired) electrons. The number of fused-ring (bicyclic) bond motifs is 1. The van der Waals surface area contributed by atoms with Crippen molar-refractivity contribution in [2.45, 2.75) is 37.0 Å². The van der Waals surface area contributed by atoms with Crippen molar-refractivity contribution in [1.29, 1.82) is 0 Å². The molecule has 2 aliphatic heterocycles. The highest BCUT2D eigenvalue weighted by atomic mass is 32.2. The zero-order valence-corrected chi connectivity index (χ0v) is 18.2. The lowest BCUT2D eigenvalue weighted by Crippen LogP contribution is -2.54. The van der Waals surface area contributed by atoms with E-state index < -0.39 is 0 Å². The summed E-state index contributed by atoms with van der Waals surface area (Å²) in [7, 11) is 0. The minimum atomic E-state index is -0.0631. The summed E-state index contributed by atoms with van der Waals surface area (Å²) in [5.74, 6) is -0.0674. The Morgan fingerprint density at radius 2 is 1.93 bits per heavy atom. The van der Waals surface area contributed by atoms with E-state index in [-0.39, 0.29) is 24.4 Å². The molecule has 4 rings (SSSR count). The van der Waals surface area contributed by atoms with Gasteiger partial charge in [-0.25, -0.2) is 0 Å². The highest BCUT2D eigenvalue weighted by molar-refractivity contribution is 8.04. The van der Waals surface area contributed by atoms with Crippen LogP contribution >= 0.6 is 11.8 Å². The van der Waals surface area contributed by atoms with Crippen LogP contribution in [0.4, 0.5) is 0 Å². The van der Waals surface area contributed by atoms with E-state index in [1.807, 2.05) is 41.3 Å². The van der Waals surface area contributed by atoms with Crippen LogP contribution in [0.3, 0.4) is 0 Å². The molecular formula is C23H31N3O3S. The number of carbonyl (C=O) groups is 2. The van der Waals surface area contributed by atoms with Gasteiger partial charge in [0.2, 0.25) is 5.91 Å². The molecule has 3 aliphatic rings. The van der Waals surface area contributed by atoms with Gasteiger partial charge in [-0.15, -0.1) is 11.8 Å². The molecule has 0 spiro atoms. The molecule has 1 N–H and O–H groups in total. The van der Waals surface area contributed by atoms with Crippen LogP contribution in [0.2, 0.25) is 0 Å². The summed E-state index contributed by atoms with van der Waals surface area (Å²) in [6, 6.07) is 10.1. The molecule has 2 saturated heterocycles. The van der Waals surface area contributed by atoms with Crippen LogP contribution in [0.25, 0.3) is 6.08 Å². The van der Waals surface area contributed by atoms with Crippen LogP contribution < -0.4 is 5.32 Å². The second-order valence-corrected chi connectivity index (χ2v) is 9.45. The molecule has 1 aromatic rings. The number of nitrogens with zero attached hydrogens (tertiary/aromatic N) is 2. The first-order valence-electron chi connectivity index (χ1n) is 11.0. The first-order chi connectivity index (χ1) is 14.7. The molecular weight excluding hydrogens is 398 g/mol. The van der Waals surface area contributed by atoms with Gasteiger partial charge in [0, 0.05) is 37.5 Å². The van der Waals surface area contributed by atoms with Gasteiger partial charge in [0.1, 0.15) is 6.54 Å². The third-order valence-corrected chi connectivity index (χ3v) is 7.48. The van der Waals surface area contributed by atoms with Gasteiger partial charge in [-0.05, 0) is 24.5 Å². The van der Waals surface area contributed by atoms with Crippen LogP contribution in [0, 0.1) is 0 Å². The highest BCUT2D eigenvalue weighted by Crippen LogP contribution is 2.42. The lowest BCUT2D eigenvalue weighted by molar-refractivity contribution is -0.135. The number of thioether (sulfide) groups is 1. The second-order valence-electron chi connectivity index (χ2n) is 8.16. The summed E-state index contributed by atoms with van der Waals surface area (Å²) in [6.45, 7) is 4.92. The van der Waals surface area contributed by atoms with Crippen molar-refractivity contribution >= 4 is 29.7 Å². The Kier molecular flexibility index (Phi) is 7.47. The van der Waals surface area contributed by atoms with Crippen molar-refractivity contribution in [3.63, 3.8) is 0 Å². The fourth-order valence-electron chi connectivity index (χ4n) is 4.45. The standard InChI is InChI=1S/C23H31N3O3S/c27-22(24-10-11-25-12-14-29-15-13-25)17-26-19-8-4-5-9-20(19)30-21(23(26)28)16-18-6-2-1-3-7-18/h1-3,6-7,16,19-20H,4-5,8-15,17H2,(H,24,27)/b21-16-. The summed E-state index contributed by atoms with van der Waals surface area (Å²) in [6.07, 6.45) is 6.39. The number of benzene rings is 1. The first kappa shape index (κ1) is 21.4. The van der Waals surface area contributed by atoms with Gasteiger partial charge < -0.3 is 15.0 Å². The van der Waals surface area contributed by atoms with Gasteiger partial charge in [-0.2, -0.15) is 0 Å². The van der Waals surface area contributed by atoms with Crippen molar-refractivity contribution < 1.29 is 14.3 Å². The van der Waals surface area contributed by atoms with Crippen LogP contribution in [-0.4, -0.2) is 78.8 Å². The molecule has 0 bridgehead atoms. The van der Waals surface area contributed by atoms with E-state index >= 15 is 0 Å². The van der Waals surface area contributed by atoms with Crippen LogP contribution in [0.5, 0.6) is 0 Å². The number of hydrogen-bond donors (Lipinski definition) is 1. The minimum absolute atomic E-state index is 0.00432. The van der Waals surface area contributed by atoms with Crippen molar-refractivity contribution in [3.8, 4) is 0 Å². The van der Waals surface area contributed by atoms with Gasteiger partial charge in [-0.3, -0.25) is 14.5 Å². The summed E-state index contributed by atoms with van der Waals surface area (Å²) in [5, 5.41) is 3.40. The Hall–Kier alpha value is -1.83. The molecule has 1 aromatic carbocycles. The van der Waals surface area contributed by atoms with Crippen LogP contribution in [0.15, 0.2) is 35.2 Å². The SMILES string of the molecule is O=C(CN1C(=O)/C(=C/c2ccccc2)SC2CCCCC21)NCCN1CCOCC1. The van der Waals surface area contributed by atoms with Gasteiger partial charge in [0.05, 0.1) is 18.1 Å². The molecule has 2 unspecified atom stereocenters. The number of rotatable bonds is 6. The number of hydrogen-bond acceptors (Lipinski definition) is 5. The largest absolute Gasteiger partial charge is 0.379 e. The van der Waals surface area contributed by atoms with Crippen molar-refractivity contribution in [3.05, 3.63) is 40.8 Å². The van der Waals surface area contributed by atoms with E-state index in [2.05, 4.69) is 10.2 Å². The van der Waals surface area contributed by atoms with Crippen LogP contribution in [0.1, 0.15) is 31.2 Å². The fourth-order valence-corrected chi connectivity index (χ4v) is 5.92. The zero-order valence-electron chi connectivity index (χ0n) is 17.4. The van der Waals surface area contributed by atoms with E-state index in [0.29, 0.717) is 11.8 Å². The van der Waals surface area contributed by atoms with E-state index in [9.17, 15) is 9.59 Å². The number of ether oxygens (including phenoxy) is 1. The molecule has 162 valence electrons. The first-order valence-corrected chi connectivity index (χ1v) is 11.9. The van der Waals surface area contributed by atoms with Gasteiger partial charge in [-0.1, -0.05) is 43.2 Å². The zero-order chi connectivity index (χ0) is 20.8. The summed E-state index contributed by atoms with van der Waals surface area (Å²) in [5.41, 5.74) is 1.03. The average Bonchev–Trinajstić information content (AvgIpc) is 2.78. The average molecular weight is 430 g/mol. The van der Waals surface area contributed by atoms with Gasteiger partial charge in [0.15, 0.2) is 0 Å². The third-order valence-electron chi connectivity index (χ3n) is 6.08. The quantitative estimate of drug-likeness (QED) is 0.704. The Morgan fingerprint density at radius 1 is 1.17 bits per heavy atom. The summed E-state index contributed by atoms with van der Waals surface area (Å²) >= 11 is 1.71. The molecule has 6 nitrogen and oxygen atoms in total. The minimum Gasteiger partial charge on any atom is -0.379 e. The predicted molar refractivity (Wildman–Crippen MR) is 120 cm³/mol. The molecule has 3 fully saturated rings. The van der Waals surface area contributed by atoms with E-state index in [0.717, 1.165) is 62.6 Å². The molecule has 30 heavy (non-hydrogen) atoms. The molecule has 0 aromatic heterocycles. The maximum absolute atomic E-state index is 13.3. The smallest absolute Gasteiger partial charge is 0.261 e. The summed E-state index contributed by atoms with van der Waals surface area (Å²) < 4.78 is 5.36. The van der Waals surface area contributed by atoms with Crippen molar-refractivity contribution in [2.24, 2.45) is 0 Å². The maximum atomic E-state index is 13.3. The van der Waals surface area contributed by atoms with Gasteiger partial charge in [0.25, 0.3) is 5.91 Å². The van der Waals surface area contributed by atoms with E-state index in [1.165, 1.54) is 6.42 Å². The van der Waals surface area contributed by atoms with Gasteiger partial charge >= 0.3 is 0 Å². The van der Waals surface area contributed by atoms with Crippen LogP contribution in [-0.2, 0) is 14.3 Å². The monoisotopic (exact) mass is 429 g/mol. The fraction of sp³-hybridized carbons (Fsp3) is 0.565. The number of nitrogens with one attached hydrogen (secondary N) is 1. The molecule has 2 amide bonds. The Balaban J connectivity index is 1.39. The number of carbonyl (C=O) groups excluding carboxylic acids is 2. The topological polar surface area (TPSA) is 61.9 Å². The van der Waals surface area contributed by atoms with Crippen molar-refractivity contribution in [2.75, 3.05) is 45.9 Å². The summed E-state index contributed by atoms with van der Waals surface area (Å²) in [4.78, 5) is 30.8. The molecule has 1 saturated carbocycles. The lowest BCUT2D eigenvalue weighted by atomic mass is 9.93. The lowest BCUT2D eigenvalue weighted by Gasteiger charge is -2.43. The maximum Gasteiger partial charge on any atom is 0.261 e. The molecule has 2 atom stereocenters. The Bertz CT molecular complexity index is 764. The second kappa shape index (κ2) is 10.5. The predicted octanol–water partition coefficient (Wildman–Crippen LogP) is 2.36. The Labute approximate surface area is 183 Å². The number of amides is 2. The van der Waals surface area contributed by atoms with E-state index in [4.69, 9.17) is 4.74 Å². The molecule has 7 heteroatoms. The molecule has 1 aliphatic carbocycles. The van der Waals surface area contributed by atoms with Crippen molar-refractivity contribution in [1.82, 2.24) is 15.1 Å². The Morgan fingerprint density at radius 3 is 2.73 bits per heavy atom. The van der Waals surface area contributed by atoms with E-state index in [1.54, 1.807) is 11.8 Å². The normalized spacial score (nSPS) is 26.5. The third kappa shape index (κ3) is 5.45.